The standard InChI is InChI=1S/C37H49NO10/c1-19-26(42)18-25-32(45-21(3)39)29-20(2)27(48-35(44)31(43)30(38(9)10)24-14-12-11-13-15-24)16-17-37(29,8)34(47-23(5)41)33(46-22(4)40)28(19)36(25,6)7/h11-15,25,27,29-34,43H,2,16-18H2,1,3-10H3/t25-,27-,29-,30-,31+,32+,33+,34-,37+/m0/s1. The van der Waals surface area contributed by atoms with Crippen LogP contribution in [0.3, 0.4) is 0 Å². The van der Waals surface area contributed by atoms with E-state index in [1.807, 2.05) is 51.1 Å². The SMILES string of the molecule is C=C1[C@@H](OC(=O)[C@H](O)[C@H](c2ccccc2)N(C)C)CC[C@@]2(C)[C@@H](OC(C)=O)[C@H](OC(C)=O)C3=C(C)C(=O)C[C@@H]([C@@H](OC(C)=O)[C@H]12)C3(C)C. The van der Waals surface area contributed by atoms with Crippen LogP contribution >= 0.6 is 0 Å². The second kappa shape index (κ2) is 14.0. The predicted molar refractivity (Wildman–Crippen MR) is 175 cm³/mol. The monoisotopic (exact) mass is 667 g/mol. The lowest BCUT2D eigenvalue weighted by Gasteiger charge is -2.59. The van der Waals surface area contributed by atoms with E-state index in [2.05, 4.69) is 6.58 Å². The second-order valence-corrected chi connectivity index (χ2v) is 14.4. The van der Waals surface area contributed by atoms with Crippen molar-refractivity contribution in [3.8, 4) is 0 Å². The van der Waals surface area contributed by atoms with Gasteiger partial charge in [-0.05, 0) is 61.6 Å². The van der Waals surface area contributed by atoms with Crippen LogP contribution in [0.15, 0.2) is 53.6 Å². The molecule has 11 heteroatoms. The molecular formula is C37H49NO10. The van der Waals surface area contributed by atoms with Crippen LogP contribution in [0.4, 0.5) is 0 Å². The van der Waals surface area contributed by atoms with Gasteiger partial charge in [-0.3, -0.25) is 24.1 Å². The molecule has 262 valence electrons. The summed E-state index contributed by atoms with van der Waals surface area (Å²) >= 11 is 0. The van der Waals surface area contributed by atoms with Gasteiger partial charge in [-0.1, -0.05) is 57.7 Å². The summed E-state index contributed by atoms with van der Waals surface area (Å²) < 4.78 is 24.2. The molecule has 4 rings (SSSR count). The summed E-state index contributed by atoms with van der Waals surface area (Å²) in [4.78, 5) is 67.2. The highest BCUT2D eigenvalue weighted by atomic mass is 16.6. The van der Waals surface area contributed by atoms with Crippen LogP contribution in [-0.2, 0) is 42.9 Å². The molecule has 2 fully saturated rings. The van der Waals surface area contributed by atoms with Crippen LogP contribution in [0.1, 0.15) is 79.3 Å². The zero-order valence-electron chi connectivity index (χ0n) is 29.4. The van der Waals surface area contributed by atoms with Gasteiger partial charge in [0.15, 0.2) is 18.0 Å². The number of carbonyl (C=O) groups is 5. The fourth-order valence-electron chi connectivity index (χ4n) is 8.49. The minimum Gasteiger partial charge on any atom is -0.462 e. The Bertz CT molecular complexity index is 1500. The Morgan fingerprint density at radius 1 is 0.938 bits per heavy atom. The van der Waals surface area contributed by atoms with E-state index in [1.165, 1.54) is 20.8 Å². The topological polar surface area (TPSA) is 146 Å². The average Bonchev–Trinajstić information content (AvgIpc) is 2.97. The molecule has 0 spiro atoms. The lowest BCUT2D eigenvalue weighted by Crippen LogP contribution is -2.64. The van der Waals surface area contributed by atoms with Crippen molar-refractivity contribution < 1.29 is 48.0 Å². The first-order chi connectivity index (χ1) is 22.3. The third-order valence-electron chi connectivity index (χ3n) is 10.6. The molecule has 2 saturated carbocycles. The molecule has 3 aliphatic carbocycles. The summed E-state index contributed by atoms with van der Waals surface area (Å²) in [7, 11) is 3.51. The van der Waals surface area contributed by atoms with Gasteiger partial charge in [0.1, 0.15) is 18.3 Å². The normalized spacial score (nSPS) is 31.1. The van der Waals surface area contributed by atoms with Crippen molar-refractivity contribution in [2.75, 3.05) is 14.1 Å². The maximum absolute atomic E-state index is 13.6. The van der Waals surface area contributed by atoms with E-state index in [4.69, 9.17) is 18.9 Å². The highest BCUT2D eigenvalue weighted by Crippen LogP contribution is 2.60. The molecule has 48 heavy (non-hydrogen) atoms. The van der Waals surface area contributed by atoms with E-state index in [1.54, 1.807) is 25.9 Å². The summed E-state index contributed by atoms with van der Waals surface area (Å²) in [6.45, 7) is 15.5. The Morgan fingerprint density at radius 3 is 2.06 bits per heavy atom. The summed E-state index contributed by atoms with van der Waals surface area (Å²) in [6, 6.07) is 8.41. The number of aliphatic hydroxyl groups is 1. The third-order valence-corrected chi connectivity index (χ3v) is 10.6. The quantitative estimate of drug-likeness (QED) is 0.241. The van der Waals surface area contributed by atoms with Gasteiger partial charge in [-0.15, -0.1) is 0 Å². The third kappa shape index (κ3) is 6.85. The Labute approximate surface area is 282 Å². The number of hydrogen-bond acceptors (Lipinski definition) is 11. The van der Waals surface area contributed by atoms with E-state index >= 15 is 0 Å². The van der Waals surface area contributed by atoms with E-state index in [9.17, 15) is 29.1 Å². The largest absolute Gasteiger partial charge is 0.462 e. The number of Topliss-reactive ketones (excluding diaryl/α,β-unsaturated/α-hetero) is 1. The van der Waals surface area contributed by atoms with E-state index in [0.717, 1.165) is 5.56 Å². The molecule has 9 atom stereocenters. The number of likely N-dealkylation sites (N-methyl/N-ethyl adjacent to an activating group) is 1. The van der Waals surface area contributed by atoms with Crippen LogP contribution in [0.25, 0.3) is 0 Å². The first kappa shape index (κ1) is 37.0. The van der Waals surface area contributed by atoms with Crippen LogP contribution < -0.4 is 0 Å². The van der Waals surface area contributed by atoms with Crippen LogP contribution in [0.2, 0.25) is 0 Å². The molecule has 11 nitrogen and oxygen atoms in total. The fourth-order valence-corrected chi connectivity index (χ4v) is 8.49. The first-order valence-electron chi connectivity index (χ1n) is 16.4. The van der Waals surface area contributed by atoms with E-state index in [0.29, 0.717) is 16.7 Å². The van der Waals surface area contributed by atoms with Crippen molar-refractivity contribution in [2.45, 2.75) is 104 Å². The number of allylic oxidation sites excluding steroid dienone is 1. The van der Waals surface area contributed by atoms with Crippen molar-refractivity contribution >= 4 is 29.7 Å². The predicted octanol–water partition coefficient (Wildman–Crippen LogP) is 4.27. The maximum Gasteiger partial charge on any atom is 0.337 e. The molecule has 0 amide bonds. The van der Waals surface area contributed by atoms with Crippen molar-refractivity contribution in [3.63, 3.8) is 0 Å². The molecular weight excluding hydrogens is 618 g/mol. The minimum atomic E-state index is -1.54. The molecule has 0 saturated heterocycles. The number of ether oxygens (including phenoxy) is 4. The Kier molecular flexibility index (Phi) is 10.8. The minimum absolute atomic E-state index is 0.0376. The smallest absolute Gasteiger partial charge is 0.337 e. The molecule has 0 heterocycles. The lowest BCUT2D eigenvalue weighted by molar-refractivity contribution is -0.203. The van der Waals surface area contributed by atoms with Crippen molar-refractivity contribution in [3.05, 3.63) is 59.2 Å². The van der Waals surface area contributed by atoms with Gasteiger partial charge in [-0.2, -0.15) is 0 Å². The fraction of sp³-hybridized carbons (Fsp3) is 0.595. The summed E-state index contributed by atoms with van der Waals surface area (Å²) in [5.74, 6) is -4.32. The summed E-state index contributed by atoms with van der Waals surface area (Å²) in [6.07, 6.45) is -5.12. The number of hydrogen-bond donors (Lipinski definition) is 1. The Hall–Kier alpha value is -3.83. The van der Waals surface area contributed by atoms with Crippen molar-refractivity contribution in [1.29, 1.82) is 0 Å². The van der Waals surface area contributed by atoms with Crippen molar-refractivity contribution in [2.24, 2.45) is 22.7 Å². The highest BCUT2D eigenvalue weighted by molar-refractivity contribution is 5.97. The van der Waals surface area contributed by atoms with Crippen molar-refractivity contribution in [1.82, 2.24) is 4.90 Å². The summed E-state index contributed by atoms with van der Waals surface area (Å²) in [5.41, 5.74) is 0.0792. The second-order valence-electron chi connectivity index (χ2n) is 14.4. The molecule has 3 aliphatic rings. The number of carbonyl (C=O) groups excluding carboxylic acids is 5. The molecule has 1 aromatic rings. The number of esters is 4. The van der Waals surface area contributed by atoms with Gasteiger partial charge in [0.2, 0.25) is 0 Å². The number of ketones is 1. The maximum atomic E-state index is 13.6. The molecule has 1 N–H and O–H groups in total. The van der Waals surface area contributed by atoms with Gasteiger partial charge >= 0.3 is 23.9 Å². The van der Waals surface area contributed by atoms with Gasteiger partial charge in [0.05, 0.1) is 6.04 Å². The molecule has 2 bridgehead atoms. The number of fused-ring (bicyclic) bond motifs is 3. The Morgan fingerprint density at radius 2 is 1.52 bits per heavy atom. The van der Waals surface area contributed by atoms with E-state index in [-0.39, 0.29) is 25.0 Å². The van der Waals surface area contributed by atoms with Crippen LogP contribution in [-0.4, -0.2) is 84.3 Å². The van der Waals surface area contributed by atoms with Gasteiger partial charge < -0.3 is 24.1 Å². The molecule has 0 aromatic heterocycles. The zero-order chi connectivity index (χ0) is 35.9. The van der Waals surface area contributed by atoms with Gasteiger partial charge in [0, 0.05) is 44.4 Å². The number of rotatable bonds is 8. The highest BCUT2D eigenvalue weighted by Gasteiger charge is 2.64. The van der Waals surface area contributed by atoms with Crippen LogP contribution in [0, 0.1) is 22.7 Å². The molecule has 0 aliphatic heterocycles. The summed E-state index contributed by atoms with van der Waals surface area (Å²) in [5, 5.41) is 11.3. The van der Waals surface area contributed by atoms with Crippen LogP contribution in [0.5, 0.6) is 0 Å². The Balaban J connectivity index is 1.85. The zero-order valence-corrected chi connectivity index (χ0v) is 29.4. The molecule has 1 aromatic carbocycles. The lowest BCUT2D eigenvalue weighted by atomic mass is 9.49. The first-order valence-corrected chi connectivity index (χ1v) is 16.4. The number of nitrogens with zero attached hydrogens (tertiary/aromatic N) is 1. The number of aliphatic hydroxyl groups excluding tert-OH is 1. The van der Waals surface area contributed by atoms with Gasteiger partial charge in [-0.25, -0.2) is 4.79 Å². The molecule has 0 radical (unpaired) electrons. The molecule has 0 unspecified atom stereocenters. The van der Waals surface area contributed by atoms with E-state index < -0.39 is 83.1 Å². The van der Waals surface area contributed by atoms with Gasteiger partial charge in [0.25, 0.3) is 0 Å². The number of benzene rings is 1. The average molecular weight is 668 g/mol.